The van der Waals surface area contributed by atoms with Crippen LogP contribution in [0, 0.1) is 0 Å². The molecule has 1 unspecified atom stereocenters. The molecule has 1 aromatic carbocycles. The molecule has 0 aromatic heterocycles. The zero-order valence-corrected chi connectivity index (χ0v) is 11.3. The highest BCUT2D eigenvalue weighted by atomic mass is 35.5. The first-order chi connectivity index (χ1) is 8.92. The second-order valence-electron chi connectivity index (χ2n) is 3.77. The molecule has 1 nitrogen and oxygen atoms in total. The number of carbonyl (C=O) groups excluding carboxylic acids is 1. The van der Waals surface area contributed by atoms with E-state index in [0.717, 1.165) is 6.92 Å². The minimum absolute atomic E-state index is 0.465. The minimum atomic E-state index is -4.73. The van der Waals surface area contributed by atoms with Crippen molar-refractivity contribution in [2.75, 3.05) is 0 Å². The molecule has 0 spiro atoms. The van der Waals surface area contributed by atoms with Crippen LogP contribution in [0.2, 0.25) is 0 Å². The Hall–Kier alpha value is -0.890. The van der Waals surface area contributed by atoms with Gasteiger partial charge in [0.2, 0.25) is 0 Å². The molecule has 20 heavy (non-hydrogen) atoms. The van der Waals surface area contributed by atoms with E-state index in [1.165, 1.54) is 0 Å². The highest BCUT2D eigenvalue weighted by molar-refractivity contribution is 8.00. The third-order valence-corrected chi connectivity index (χ3v) is 3.56. The fraction of sp³-hybridized carbons (Fsp3) is 0.364. The van der Waals surface area contributed by atoms with Crippen molar-refractivity contribution in [1.82, 2.24) is 0 Å². The Morgan fingerprint density at radius 1 is 1.20 bits per heavy atom. The molecule has 1 atom stereocenters. The van der Waals surface area contributed by atoms with Gasteiger partial charge in [-0.2, -0.15) is 26.3 Å². The maximum absolute atomic E-state index is 12.5. The number of rotatable bonds is 3. The summed E-state index contributed by atoms with van der Waals surface area (Å²) in [7, 11) is 0. The topological polar surface area (TPSA) is 17.1 Å². The number of ketones is 1. The summed E-state index contributed by atoms with van der Waals surface area (Å²) in [5.41, 5.74) is -6.36. The first kappa shape index (κ1) is 17.2. The molecular formula is C11H7ClF6OS. The molecule has 0 bridgehead atoms. The van der Waals surface area contributed by atoms with Crippen molar-refractivity contribution >= 4 is 29.1 Å². The molecule has 0 radical (unpaired) electrons. The van der Waals surface area contributed by atoms with Gasteiger partial charge in [-0.1, -0.05) is 0 Å². The molecule has 1 aromatic rings. The Labute approximate surface area is 119 Å². The van der Waals surface area contributed by atoms with Gasteiger partial charge in [0.05, 0.1) is 5.56 Å². The van der Waals surface area contributed by atoms with Crippen LogP contribution in [0.3, 0.4) is 0 Å². The fourth-order valence-corrected chi connectivity index (χ4v) is 2.28. The Morgan fingerprint density at radius 2 is 1.75 bits per heavy atom. The number of carbonyl (C=O) groups is 1. The molecule has 112 valence electrons. The van der Waals surface area contributed by atoms with Crippen LogP contribution in [0.5, 0.6) is 0 Å². The lowest BCUT2D eigenvalue weighted by atomic mass is 10.1. The first-order valence-electron chi connectivity index (χ1n) is 5.03. The standard InChI is InChI=1S/C11H7ClF6OS/c1-5(19)9(12)7-4-6(10(13,14)15)2-3-8(7)20-11(16,17)18/h2-4,9H,1H3. The van der Waals surface area contributed by atoms with Crippen molar-refractivity contribution in [3.8, 4) is 0 Å². The SMILES string of the molecule is CC(=O)C(Cl)c1cc(C(F)(F)F)ccc1SC(F)(F)F. The average Bonchev–Trinajstić information content (AvgIpc) is 2.24. The van der Waals surface area contributed by atoms with E-state index in [0.29, 0.717) is 18.2 Å². The lowest BCUT2D eigenvalue weighted by Gasteiger charge is -2.16. The van der Waals surface area contributed by atoms with Gasteiger partial charge >= 0.3 is 11.7 Å². The highest BCUT2D eigenvalue weighted by Gasteiger charge is 2.35. The molecule has 0 aliphatic heterocycles. The molecule has 0 aliphatic carbocycles. The van der Waals surface area contributed by atoms with Crippen molar-refractivity contribution in [2.45, 2.75) is 28.9 Å². The van der Waals surface area contributed by atoms with E-state index >= 15 is 0 Å². The largest absolute Gasteiger partial charge is 0.446 e. The molecule has 0 saturated heterocycles. The van der Waals surface area contributed by atoms with E-state index in [-0.39, 0.29) is 0 Å². The summed E-state index contributed by atoms with van der Waals surface area (Å²) < 4.78 is 74.6. The summed E-state index contributed by atoms with van der Waals surface area (Å²) in [4.78, 5) is 10.6. The van der Waals surface area contributed by atoms with Crippen LogP contribution in [0.1, 0.15) is 23.4 Å². The number of Topliss-reactive ketones (excluding diaryl/α,β-unsaturated/α-hetero) is 1. The van der Waals surface area contributed by atoms with Gasteiger partial charge in [-0.3, -0.25) is 4.79 Å². The van der Waals surface area contributed by atoms with Gasteiger partial charge in [0.15, 0.2) is 5.78 Å². The summed E-state index contributed by atoms with van der Waals surface area (Å²) >= 11 is 4.99. The molecule has 0 amide bonds. The Balaban J connectivity index is 3.34. The maximum atomic E-state index is 12.5. The van der Waals surface area contributed by atoms with Gasteiger partial charge < -0.3 is 0 Å². The first-order valence-corrected chi connectivity index (χ1v) is 6.28. The van der Waals surface area contributed by atoms with Crippen molar-refractivity contribution in [1.29, 1.82) is 0 Å². The predicted molar refractivity (Wildman–Crippen MR) is 62.6 cm³/mol. The van der Waals surface area contributed by atoms with Crippen molar-refractivity contribution in [3.05, 3.63) is 29.3 Å². The van der Waals surface area contributed by atoms with E-state index < -0.39 is 50.6 Å². The predicted octanol–water partition coefficient (Wildman–Crippen LogP) is 5.19. The number of thioether (sulfide) groups is 1. The molecule has 1 rings (SSSR count). The summed E-state index contributed by atoms with van der Waals surface area (Å²) in [6.45, 7) is 0.986. The van der Waals surface area contributed by atoms with Gasteiger partial charge in [-0.25, -0.2) is 0 Å². The summed E-state index contributed by atoms with van der Waals surface area (Å²) in [6, 6.07) is 1.64. The van der Waals surface area contributed by atoms with Gasteiger partial charge in [-0.15, -0.1) is 11.6 Å². The number of benzene rings is 1. The van der Waals surface area contributed by atoms with Gasteiger partial charge in [0.1, 0.15) is 5.38 Å². The van der Waals surface area contributed by atoms with E-state index in [1.807, 2.05) is 0 Å². The van der Waals surface area contributed by atoms with Crippen LogP contribution in [0.25, 0.3) is 0 Å². The normalized spacial score (nSPS) is 14.2. The zero-order valence-electron chi connectivity index (χ0n) is 9.77. The van der Waals surface area contributed by atoms with Gasteiger partial charge in [0.25, 0.3) is 0 Å². The van der Waals surface area contributed by atoms with Crippen molar-refractivity contribution in [2.24, 2.45) is 0 Å². The van der Waals surface area contributed by atoms with Crippen LogP contribution in [-0.4, -0.2) is 11.3 Å². The van der Waals surface area contributed by atoms with E-state index in [9.17, 15) is 31.1 Å². The summed E-state index contributed by atoms with van der Waals surface area (Å²) in [5.74, 6) is -0.741. The lowest BCUT2D eigenvalue weighted by molar-refractivity contribution is -0.137. The lowest BCUT2D eigenvalue weighted by Crippen LogP contribution is -2.10. The van der Waals surface area contributed by atoms with Crippen LogP contribution >= 0.6 is 23.4 Å². The van der Waals surface area contributed by atoms with Crippen LogP contribution in [-0.2, 0) is 11.0 Å². The summed E-state index contributed by atoms with van der Waals surface area (Å²) in [5, 5.41) is -1.57. The highest BCUT2D eigenvalue weighted by Crippen LogP contribution is 2.43. The molecule has 0 N–H and O–H groups in total. The zero-order chi connectivity index (χ0) is 15.7. The Kier molecular flexibility index (Phi) is 5.02. The van der Waals surface area contributed by atoms with Crippen LogP contribution < -0.4 is 0 Å². The second kappa shape index (κ2) is 5.85. The molecule has 0 fully saturated rings. The molecule has 0 saturated carbocycles. The Morgan fingerprint density at radius 3 is 2.15 bits per heavy atom. The smallest absolute Gasteiger partial charge is 0.298 e. The third kappa shape index (κ3) is 4.59. The van der Waals surface area contributed by atoms with E-state index in [1.54, 1.807) is 0 Å². The third-order valence-electron chi connectivity index (χ3n) is 2.19. The molecular weight excluding hydrogens is 330 g/mol. The van der Waals surface area contributed by atoms with E-state index in [4.69, 9.17) is 11.6 Å². The van der Waals surface area contributed by atoms with E-state index in [2.05, 4.69) is 0 Å². The number of hydrogen-bond donors (Lipinski definition) is 0. The monoisotopic (exact) mass is 336 g/mol. The van der Waals surface area contributed by atoms with Crippen molar-refractivity contribution < 1.29 is 31.1 Å². The minimum Gasteiger partial charge on any atom is -0.298 e. The van der Waals surface area contributed by atoms with Crippen molar-refractivity contribution in [3.63, 3.8) is 0 Å². The second-order valence-corrected chi connectivity index (χ2v) is 5.31. The summed E-state index contributed by atoms with van der Waals surface area (Å²) in [6.07, 6.45) is -4.73. The maximum Gasteiger partial charge on any atom is 0.446 e. The van der Waals surface area contributed by atoms with Crippen LogP contribution in [0.4, 0.5) is 26.3 Å². The quantitative estimate of drug-likeness (QED) is 0.429. The van der Waals surface area contributed by atoms with Crippen LogP contribution in [0.15, 0.2) is 23.1 Å². The Bertz CT molecular complexity index is 511. The molecule has 0 heterocycles. The van der Waals surface area contributed by atoms with Gasteiger partial charge in [0, 0.05) is 4.90 Å². The number of hydrogen-bond acceptors (Lipinski definition) is 2. The van der Waals surface area contributed by atoms with Gasteiger partial charge in [-0.05, 0) is 42.4 Å². The molecule has 9 heteroatoms. The average molecular weight is 337 g/mol. The fourth-order valence-electron chi connectivity index (χ4n) is 1.36. The molecule has 0 aliphatic rings. The number of alkyl halides is 7. The number of halogens is 7.